The van der Waals surface area contributed by atoms with Crippen molar-refractivity contribution in [2.75, 3.05) is 13.1 Å². The quantitative estimate of drug-likeness (QED) is 0.866. The average Bonchev–Trinajstić information content (AvgIpc) is 3.19. The summed E-state index contributed by atoms with van der Waals surface area (Å²) in [7, 11) is 0. The Kier molecular flexibility index (Phi) is 3.45. The molecule has 23 heavy (non-hydrogen) atoms. The number of benzene rings is 1. The molecule has 1 aliphatic heterocycles. The number of hydrogen-bond acceptors (Lipinski definition) is 2. The van der Waals surface area contributed by atoms with E-state index in [1.54, 1.807) is 0 Å². The van der Waals surface area contributed by atoms with E-state index in [1.807, 2.05) is 36.1 Å². The van der Waals surface area contributed by atoms with Crippen LogP contribution in [0.3, 0.4) is 0 Å². The maximum absolute atomic E-state index is 12.6. The second-order valence-electron chi connectivity index (χ2n) is 6.77. The van der Waals surface area contributed by atoms with Crippen molar-refractivity contribution in [1.29, 1.82) is 0 Å². The number of aryl methyl sites for hydroxylation is 2. The SMILES string of the molecule is Cc1cc(C)n(C2CN(C(=O)[C@@H]3C[C@H]3c3ccc(Cl)cc3)C2)n1. The first-order valence-electron chi connectivity index (χ1n) is 8.10. The van der Waals surface area contributed by atoms with Crippen molar-refractivity contribution in [3.63, 3.8) is 0 Å². The van der Waals surface area contributed by atoms with Gasteiger partial charge in [-0.05, 0) is 49.9 Å². The van der Waals surface area contributed by atoms with E-state index in [2.05, 4.69) is 22.8 Å². The van der Waals surface area contributed by atoms with Crippen molar-refractivity contribution in [1.82, 2.24) is 14.7 Å². The van der Waals surface area contributed by atoms with Crippen LogP contribution in [0.5, 0.6) is 0 Å². The van der Waals surface area contributed by atoms with Gasteiger partial charge in [-0.1, -0.05) is 23.7 Å². The number of nitrogens with zero attached hydrogens (tertiary/aromatic N) is 3. The molecule has 120 valence electrons. The predicted octanol–water partition coefficient (Wildman–Crippen LogP) is 3.34. The van der Waals surface area contributed by atoms with Gasteiger partial charge in [0.15, 0.2) is 0 Å². The van der Waals surface area contributed by atoms with Crippen molar-refractivity contribution in [2.24, 2.45) is 5.92 Å². The third kappa shape index (κ3) is 2.65. The Balaban J connectivity index is 1.35. The van der Waals surface area contributed by atoms with Crippen LogP contribution in [0.15, 0.2) is 30.3 Å². The fourth-order valence-corrected chi connectivity index (χ4v) is 3.71. The molecule has 1 amide bonds. The van der Waals surface area contributed by atoms with Crippen LogP contribution in [0.4, 0.5) is 0 Å². The van der Waals surface area contributed by atoms with Gasteiger partial charge in [0.1, 0.15) is 0 Å². The maximum Gasteiger partial charge on any atom is 0.226 e. The summed E-state index contributed by atoms with van der Waals surface area (Å²) in [6, 6.07) is 10.3. The zero-order valence-corrected chi connectivity index (χ0v) is 14.1. The molecule has 2 heterocycles. The lowest BCUT2D eigenvalue weighted by molar-refractivity contribution is -0.138. The predicted molar refractivity (Wildman–Crippen MR) is 89.6 cm³/mol. The summed E-state index contributed by atoms with van der Waals surface area (Å²) in [5.41, 5.74) is 3.44. The molecule has 4 nitrogen and oxygen atoms in total. The first-order valence-corrected chi connectivity index (χ1v) is 8.47. The minimum atomic E-state index is 0.151. The number of carbonyl (C=O) groups excluding carboxylic acids is 1. The Morgan fingerprint density at radius 1 is 1.22 bits per heavy atom. The number of amides is 1. The Labute approximate surface area is 141 Å². The number of hydrogen-bond donors (Lipinski definition) is 0. The highest BCUT2D eigenvalue weighted by molar-refractivity contribution is 6.30. The van der Waals surface area contributed by atoms with Gasteiger partial charge in [0.05, 0.1) is 11.7 Å². The van der Waals surface area contributed by atoms with Crippen LogP contribution >= 0.6 is 11.6 Å². The molecule has 0 radical (unpaired) electrons. The van der Waals surface area contributed by atoms with Crippen LogP contribution in [-0.4, -0.2) is 33.7 Å². The smallest absolute Gasteiger partial charge is 0.226 e. The molecule has 2 atom stereocenters. The van der Waals surface area contributed by atoms with Crippen molar-refractivity contribution in [3.05, 3.63) is 52.3 Å². The van der Waals surface area contributed by atoms with Gasteiger partial charge < -0.3 is 4.90 Å². The van der Waals surface area contributed by atoms with Crippen molar-refractivity contribution < 1.29 is 4.79 Å². The first-order chi connectivity index (χ1) is 11.0. The molecule has 2 aliphatic rings. The lowest BCUT2D eigenvalue weighted by Gasteiger charge is -2.40. The molecule has 1 saturated carbocycles. The Morgan fingerprint density at radius 2 is 1.91 bits per heavy atom. The lowest BCUT2D eigenvalue weighted by Crippen LogP contribution is -2.51. The molecule has 1 aromatic carbocycles. The largest absolute Gasteiger partial charge is 0.338 e. The molecule has 2 fully saturated rings. The topological polar surface area (TPSA) is 38.1 Å². The van der Waals surface area contributed by atoms with Gasteiger partial charge >= 0.3 is 0 Å². The van der Waals surface area contributed by atoms with E-state index in [-0.39, 0.29) is 5.92 Å². The molecule has 0 unspecified atom stereocenters. The Bertz CT molecular complexity index is 746. The van der Waals surface area contributed by atoms with Gasteiger partial charge in [-0.15, -0.1) is 0 Å². The number of aromatic nitrogens is 2. The molecule has 2 aromatic rings. The molecule has 1 saturated heterocycles. The van der Waals surface area contributed by atoms with E-state index in [9.17, 15) is 4.79 Å². The van der Waals surface area contributed by atoms with Crippen molar-refractivity contribution in [2.45, 2.75) is 32.2 Å². The highest BCUT2D eigenvalue weighted by Crippen LogP contribution is 2.49. The van der Waals surface area contributed by atoms with E-state index < -0.39 is 0 Å². The number of halogens is 1. The Hall–Kier alpha value is -1.81. The molecule has 0 bridgehead atoms. The van der Waals surface area contributed by atoms with Crippen LogP contribution in [0.2, 0.25) is 5.02 Å². The third-order valence-corrected chi connectivity index (χ3v) is 5.22. The molecule has 1 aromatic heterocycles. The molecular formula is C18H20ClN3O. The minimum Gasteiger partial charge on any atom is -0.338 e. The highest BCUT2D eigenvalue weighted by Gasteiger charge is 2.48. The average molecular weight is 330 g/mol. The van der Waals surface area contributed by atoms with E-state index >= 15 is 0 Å². The molecular weight excluding hydrogens is 310 g/mol. The van der Waals surface area contributed by atoms with E-state index in [1.165, 1.54) is 11.3 Å². The van der Waals surface area contributed by atoms with Gasteiger partial charge in [-0.2, -0.15) is 5.10 Å². The Morgan fingerprint density at radius 3 is 2.52 bits per heavy atom. The minimum absolute atomic E-state index is 0.151. The number of likely N-dealkylation sites (tertiary alicyclic amines) is 1. The number of carbonyl (C=O) groups is 1. The van der Waals surface area contributed by atoms with Gasteiger partial charge in [0.25, 0.3) is 0 Å². The number of rotatable bonds is 3. The second kappa shape index (κ2) is 5.38. The van der Waals surface area contributed by atoms with E-state index in [0.717, 1.165) is 30.2 Å². The maximum atomic E-state index is 12.6. The van der Waals surface area contributed by atoms with Crippen LogP contribution < -0.4 is 0 Å². The van der Waals surface area contributed by atoms with Crippen molar-refractivity contribution >= 4 is 17.5 Å². The van der Waals surface area contributed by atoms with E-state index in [4.69, 9.17) is 11.6 Å². The third-order valence-electron chi connectivity index (χ3n) is 4.97. The van der Waals surface area contributed by atoms with Crippen LogP contribution in [0.25, 0.3) is 0 Å². The molecule has 1 aliphatic carbocycles. The standard InChI is InChI=1S/C18H20ClN3O/c1-11-7-12(2)22(20-11)15-9-21(10-15)18(23)17-8-16(17)13-3-5-14(19)6-4-13/h3-7,15-17H,8-10H2,1-2H3/t16-,17+/m0/s1. The van der Waals surface area contributed by atoms with Crippen LogP contribution in [-0.2, 0) is 4.79 Å². The molecule has 5 heteroatoms. The van der Waals surface area contributed by atoms with Crippen LogP contribution in [0, 0.1) is 19.8 Å². The zero-order valence-electron chi connectivity index (χ0n) is 13.4. The monoisotopic (exact) mass is 329 g/mol. The van der Waals surface area contributed by atoms with Gasteiger partial charge in [0.2, 0.25) is 5.91 Å². The van der Waals surface area contributed by atoms with Crippen molar-refractivity contribution in [3.8, 4) is 0 Å². The highest BCUT2D eigenvalue weighted by atomic mass is 35.5. The molecule has 4 rings (SSSR count). The summed E-state index contributed by atoms with van der Waals surface area (Å²) in [6.07, 6.45) is 0.960. The summed E-state index contributed by atoms with van der Waals surface area (Å²) in [5, 5.41) is 5.27. The van der Waals surface area contributed by atoms with Gasteiger partial charge in [-0.3, -0.25) is 9.48 Å². The van der Waals surface area contributed by atoms with Gasteiger partial charge in [0, 0.05) is 29.7 Å². The molecule has 0 N–H and O–H groups in total. The van der Waals surface area contributed by atoms with Gasteiger partial charge in [-0.25, -0.2) is 0 Å². The second-order valence-corrected chi connectivity index (χ2v) is 7.21. The summed E-state index contributed by atoms with van der Waals surface area (Å²) in [6.45, 7) is 5.64. The molecule has 0 spiro atoms. The van der Waals surface area contributed by atoms with Crippen LogP contribution in [0.1, 0.15) is 35.3 Å². The lowest BCUT2D eigenvalue weighted by atomic mass is 10.1. The summed E-state index contributed by atoms with van der Waals surface area (Å²) >= 11 is 5.92. The van der Waals surface area contributed by atoms with E-state index in [0.29, 0.717) is 17.9 Å². The summed E-state index contributed by atoms with van der Waals surface area (Å²) in [5.74, 6) is 0.813. The first kappa shape index (κ1) is 14.8. The fourth-order valence-electron chi connectivity index (χ4n) is 3.59. The summed E-state index contributed by atoms with van der Waals surface area (Å²) < 4.78 is 2.06. The summed E-state index contributed by atoms with van der Waals surface area (Å²) in [4.78, 5) is 14.5. The fraction of sp³-hybridized carbons (Fsp3) is 0.444. The zero-order chi connectivity index (χ0) is 16.1. The normalized spacial score (nSPS) is 23.7.